The first kappa shape index (κ1) is 15.4. The zero-order valence-corrected chi connectivity index (χ0v) is 12.3. The zero-order valence-electron chi connectivity index (χ0n) is 12.3. The van der Waals surface area contributed by atoms with Crippen LogP contribution in [-0.2, 0) is 17.5 Å². The highest BCUT2D eigenvalue weighted by Crippen LogP contribution is 2.30. The summed E-state index contributed by atoms with van der Waals surface area (Å²) in [6.07, 6.45) is -0.961. The number of amides is 1. The van der Waals surface area contributed by atoms with Crippen LogP contribution in [0.1, 0.15) is 12.5 Å². The molecule has 0 saturated carbocycles. The Balaban J connectivity index is 1.72. The average Bonchev–Trinajstić information content (AvgIpc) is 3.08. The molecule has 23 heavy (non-hydrogen) atoms. The smallest absolute Gasteiger partial charge is 0.329 e. The molecule has 1 aliphatic heterocycles. The quantitative estimate of drug-likeness (QED) is 0.944. The Hall–Kier alpha value is -2.51. The van der Waals surface area contributed by atoms with E-state index in [0.29, 0.717) is 12.5 Å². The van der Waals surface area contributed by atoms with Gasteiger partial charge in [0.1, 0.15) is 6.04 Å². The molecular formula is C15H15F3N4O. The number of rotatable bonds is 3. The van der Waals surface area contributed by atoms with Crippen LogP contribution in [0.4, 0.5) is 24.8 Å². The molecule has 0 aliphatic carbocycles. The van der Waals surface area contributed by atoms with Crippen LogP contribution < -0.4 is 10.2 Å². The van der Waals surface area contributed by atoms with E-state index in [9.17, 15) is 18.0 Å². The van der Waals surface area contributed by atoms with Crippen LogP contribution >= 0.6 is 0 Å². The van der Waals surface area contributed by atoms with Gasteiger partial charge < -0.3 is 14.8 Å². The van der Waals surface area contributed by atoms with E-state index in [1.54, 1.807) is 13.1 Å². The molecule has 8 heteroatoms. The highest BCUT2D eigenvalue weighted by atomic mass is 19.4. The number of carbonyl (C=O) groups is 1. The normalized spacial score (nSPS) is 15.4. The van der Waals surface area contributed by atoms with E-state index in [2.05, 4.69) is 10.3 Å². The summed E-state index contributed by atoms with van der Waals surface area (Å²) in [6.45, 7) is 3.07. The monoisotopic (exact) mass is 324 g/mol. The molecule has 1 unspecified atom stereocenters. The fourth-order valence-corrected chi connectivity index (χ4v) is 2.58. The predicted molar refractivity (Wildman–Crippen MR) is 79.1 cm³/mol. The van der Waals surface area contributed by atoms with E-state index >= 15 is 0 Å². The Morgan fingerprint density at radius 2 is 2.13 bits per heavy atom. The lowest BCUT2D eigenvalue weighted by molar-refractivity contribution is -0.137. The number of hydrogen-bond donors (Lipinski definition) is 1. The van der Waals surface area contributed by atoms with E-state index in [1.165, 1.54) is 12.1 Å². The fourth-order valence-electron chi connectivity index (χ4n) is 2.58. The summed E-state index contributed by atoms with van der Waals surface area (Å²) in [4.78, 5) is 18.3. The molecule has 2 heterocycles. The van der Waals surface area contributed by atoms with Crippen molar-refractivity contribution in [1.29, 1.82) is 0 Å². The average molecular weight is 324 g/mol. The summed E-state index contributed by atoms with van der Waals surface area (Å²) in [5.41, 5.74) is -0.668. The van der Waals surface area contributed by atoms with Crippen molar-refractivity contribution in [3.8, 4) is 0 Å². The van der Waals surface area contributed by atoms with Gasteiger partial charge in [0.15, 0.2) is 0 Å². The number of benzene rings is 1. The van der Waals surface area contributed by atoms with Gasteiger partial charge in [0, 0.05) is 31.2 Å². The van der Waals surface area contributed by atoms with Gasteiger partial charge >= 0.3 is 6.18 Å². The summed E-state index contributed by atoms with van der Waals surface area (Å²) in [5, 5.41) is 2.54. The maximum atomic E-state index is 12.7. The van der Waals surface area contributed by atoms with Crippen LogP contribution in [0.2, 0.25) is 0 Å². The molecule has 0 radical (unpaired) electrons. The van der Waals surface area contributed by atoms with Gasteiger partial charge in [-0.2, -0.15) is 13.2 Å². The first-order chi connectivity index (χ1) is 10.9. The van der Waals surface area contributed by atoms with Gasteiger partial charge in [-0.3, -0.25) is 4.79 Å². The third-order valence-electron chi connectivity index (χ3n) is 3.84. The van der Waals surface area contributed by atoms with Crippen LogP contribution in [0.25, 0.3) is 0 Å². The fraction of sp³-hybridized carbons (Fsp3) is 0.333. The molecule has 1 aliphatic rings. The number of nitrogens with one attached hydrogen (secondary N) is 1. The Morgan fingerprint density at radius 3 is 2.87 bits per heavy atom. The van der Waals surface area contributed by atoms with Crippen molar-refractivity contribution in [1.82, 2.24) is 9.55 Å². The van der Waals surface area contributed by atoms with E-state index in [-0.39, 0.29) is 11.6 Å². The van der Waals surface area contributed by atoms with E-state index in [4.69, 9.17) is 0 Å². The number of nitrogens with zero attached hydrogens (tertiary/aromatic N) is 3. The second-order valence-corrected chi connectivity index (χ2v) is 5.36. The molecule has 0 bridgehead atoms. The lowest BCUT2D eigenvalue weighted by Gasteiger charge is -2.23. The van der Waals surface area contributed by atoms with Crippen LogP contribution in [0.3, 0.4) is 0 Å². The molecule has 1 N–H and O–H groups in total. The maximum Gasteiger partial charge on any atom is 0.416 e. The number of hydrogen-bond acceptors (Lipinski definition) is 3. The molecule has 3 rings (SSSR count). The summed E-state index contributed by atoms with van der Waals surface area (Å²) >= 11 is 0. The number of aromatic nitrogens is 2. The summed E-state index contributed by atoms with van der Waals surface area (Å²) in [7, 11) is 0. The third kappa shape index (κ3) is 3.01. The lowest BCUT2D eigenvalue weighted by Crippen LogP contribution is -2.41. The molecule has 122 valence electrons. The van der Waals surface area contributed by atoms with Crippen LogP contribution in [0, 0.1) is 0 Å². The SMILES string of the molecule is CC(C(=O)Nc1cccc(C(F)(F)F)c1)N1CCn2ccnc21. The molecule has 1 aromatic heterocycles. The van der Waals surface area contributed by atoms with Crippen molar-refractivity contribution in [2.24, 2.45) is 0 Å². The van der Waals surface area contributed by atoms with Crippen LogP contribution in [0.5, 0.6) is 0 Å². The maximum absolute atomic E-state index is 12.7. The van der Waals surface area contributed by atoms with Gasteiger partial charge in [-0.15, -0.1) is 0 Å². The highest BCUT2D eigenvalue weighted by Gasteiger charge is 2.31. The minimum absolute atomic E-state index is 0.124. The third-order valence-corrected chi connectivity index (χ3v) is 3.84. The van der Waals surface area contributed by atoms with Crippen molar-refractivity contribution in [3.63, 3.8) is 0 Å². The van der Waals surface area contributed by atoms with E-state index in [1.807, 2.05) is 15.7 Å². The number of alkyl halides is 3. The molecule has 0 saturated heterocycles. The van der Waals surface area contributed by atoms with Gasteiger partial charge in [0.2, 0.25) is 11.9 Å². The molecule has 0 spiro atoms. The van der Waals surface area contributed by atoms with Gasteiger partial charge in [-0.25, -0.2) is 4.98 Å². The van der Waals surface area contributed by atoms with Gasteiger partial charge in [0.05, 0.1) is 5.56 Å². The standard InChI is InChI=1S/C15H15F3N4O/c1-10(22-8-7-21-6-5-19-14(21)22)13(23)20-12-4-2-3-11(9-12)15(16,17)18/h2-6,9-10H,7-8H2,1H3,(H,20,23). The number of anilines is 2. The Bertz CT molecular complexity index is 726. The molecule has 1 atom stereocenters. The Kier molecular flexibility index (Phi) is 3.75. The van der Waals surface area contributed by atoms with Crippen molar-refractivity contribution in [2.75, 3.05) is 16.8 Å². The number of imidazole rings is 1. The van der Waals surface area contributed by atoms with E-state index < -0.39 is 17.8 Å². The molecule has 1 aromatic carbocycles. The molecule has 2 aromatic rings. The zero-order chi connectivity index (χ0) is 16.6. The van der Waals surface area contributed by atoms with Crippen molar-refractivity contribution >= 4 is 17.5 Å². The number of carbonyl (C=O) groups excluding carboxylic acids is 1. The summed E-state index contributed by atoms with van der Waals surface area (Å²) < 4.78 is 40.0. The molecule has 1 amide bonds. The summed E-state index contributed by atoms with van der Waals surface area (Å²) in [5.74, 6) is 0.317. The van der Waals surface area contributed by atoms with Crippen molar-refractivity contribution in [2.45, 2.75) is 25.7 Å². The second kappa shape index (κ2) is 5.60. The predicted octanol–water partition coefficient (Wildman–Crippen LogP) is 2.75. The highest BCUT2D eigenvalue weighted by molar-refractivity contribution is 5.96. The van der Waals surface area contributed by atoms with Gasteiger partial charge in [-0.1, -0.05) is 6.07 Å². The van der Waals surface area contributed by atoms with Crippen LogP contribution in [0.15, 0.2) is 36.7 Å². The molecular weight excluding hydrogens is 309 g/mol. The largest absolute Gasteiger partial charge is 0.416 e. The minimum atomic E-state index is -4.44. The Labute approximate surface area is 130 Å². The first-order valence-corrected chi connectivity index (χ1v) is 7.12. The van der Waals surface area contributed by atoms with E-state index in [0.717, 1.165) is 18.7 Å². The first-order valence-electron chi connectivity index (χ1n) is 7.12. The second-order valence-electron chi connectivity index (χ2n) is 5.36. The number of fused-ring (bicyclic) bond motifs is 1. The topological polar surface area (TPSA) is 50.2 Å². The minimum Gasteiger partial charge on any atom is -0.329 e. The number of halogens is 3. The van der Waals surface area contributed by atoms with Crippen LogP contribution in [-0.4, -0.2) is 28.0 Å². The van der Waals surface area contributed by atoms with Crippen molar-refractivity contribution < 1.29 is 18.0 Å². The lowest BCUT2D eigenvalue weighted by atomic mass is 10.2. The van der Waals surface area contributed by atoms with Gasteiger partial charge in [-0.05, 0) is 25.1 Å². The molecule has 0 fully saturated rings. The van der Waals surface area contributed by atoms with Crippen molar-refractivity contribution in [3.05, 3.63) is 42.2 Å². The molecule has 5 nitrogen and oxygen atoms in total. The van der Waals surface area contributed by atoms with Gasteiger partial charge in [0.25, 0.3) is 0 Å². The Morgan fingerprint density at radius 1 is 1.35 bits per heavy atom. The summed E-state index contributed by atoms with van der Waals surface area (Å²) in [6, 6.07) is 4.07.